The number of phenolic OH excluding ortho intramolecular Hbond substituents is 1. The van der Waals surface area contributed by atoms with Crippen molar-refractivity contribution >= 4 is 56.4 Å². The van der Waals surface area contributed by atoms with Gasteiger partial charge in [-0.2, -0.15) is 0 Å². The molecular formula is C50H50BBr2KO8. The van der Waals surface area contributed by atoms with E-state index in [2.05, 4.69) is 82.1 Å². The van der Waals surface area contributed by atoms with Crippen LogP contribution >= 0.6 is 31.9 Å². The molecule has 12 heteroatoms. The van der Waals surface area contributed by atoms with Crippen LogP contribution in [0.25, 0.3) is 22.3 Å². The Morgan fingerprint density at radius 3 is 1.08 bits per heavy atom. The number of carboxylic acid groups (broad SMARTS) is 1. The largest absolute Gasteiger partial charge is 1.00 e. The van der Waals surface area contributed by atoms with Gasteiger partial charge in [0, 0.05) is 8.95 Å². The first-order valence-electron chi connectivity index (χ1n) is 19.0. The van der Waals surface area contributed by atoms with Gasteiger partial charge in [0.05, 0.1) is 17.7 Å². The minimum atomic E-state index is -1.35. The minimum absolute atomic E-state index is 0. The second-order valence-corrected chi connectivity index (χ2v) is 15.3. The zero-order chi connectivity index (χ0) is 44.0. The molecule has 0 saturated carbocycles. The zero-order valence-electron chi connectivity index (χ0n) is 35.7. The van der Waals surface area contributed by atoms with Crippen molar-refractivity contribution in [3.8, 4) is 28.0 Å². The van der Waals surface area contributed by atoms with Crippen molar-refractivity contribution < 1.29 is 91.4 Å². The number of halogens is 2. The van der Waals surface area contributed by atoms with Gasteiger partial charge in [0.1, 0.15) is 5.75 Å². The fraction of sp³-hybridized carbons (Fsp3) is 0.120. The van der Waals surface area contributed by atoms with Crippen molar-refractivity contribution in [3.63, 3.8) is 0 Å². The molecular weight excluding hydrogens is 938 g/mol. The number of carbonyl (C=O) groups is 2. The molecule has 7 rings (SSSR count). The quantitative estimate of drug-likeness (QED) is 0.0955. The Hall–Kier alpha value is -4.18. The van der Waals surface area contributed by atoms with Gasteiger partial charge < -0.3 is 30.5 Å². The smallest absolute Gasteiger partial charge is 0.870 e. The maximum absolute atomic E-state index is 11.5. The molecule has 0 aliphatic carbocycles. The van der Waals surface area contributed by atoms with Crippen LogP contribution in [0.15, 0.2) is 179 Å². The monoisotopic (exact) mass is 986 g/mol. The third kappa shape index (κ3) is 21.3. The van der Waals surface area contributed by atoms with Crippen LogP contribution in [0.4, 0.5) is 0 Å². The normalized spacial score (nSPS) is 9.44. The fourth-order valence-corrected chi connectivity index (χ4v) is 5.55. The predicted molar refractivity (Wildman–Crippen MR) is 254 cm³/mol. The number of carbonyl (C=O) groups excluding carboxylic acids is 1. The molecule has 7 aromatic rings. The van der Waals surface area contributed by atoms with Gasteiger partial charge in [-0.15, -0.1) is 0 Å². The summed E-state index contributed by atoms with van der Waals surface area (Å²) in [5.41, 5.74) is 10.7. The molecule has 0 radical (unpaired) electrons. The Labute approximate surface area is 424 Å². The van der Waals surface area contributed by atoms with Crippen molar-refractivity contribution in [1.29, 1.82) is 0 Å². The summed E-state index contributed by atoms with van der Waals surface area (Å²) in [7, 11) is -1.35. The van der Waals surface area contributed by atoms with Gasteiger partial charge in [0.25, 0.3) is 0 Å². The first kappa shape index (κ1) is 55.8. The van der Waals surface area contributed by atoms with E-state index in [9.17, 15) is 9.59 Å². The van der Waals surface area contributed by atoms with Gasteiger partial charge in [-0.05, 0) is 123 Å². The second-order valence-electron chi connectivity index (χ2n) is 13.5. The molecule has 0 heterocycles. The molecule has 62 heavy (non-hydrogen) atoms. The van der Waals surface area contributed by atoms with Crippen LogP contribution in [0.3, 0.4) is 0 Å². The van der Waals surface area contributed by atoms with E-state index in [0.29, 0.717) is 28.9 Å². The molecule has 0 aromatic heterocycles. The number of rotatable bonds is 6. The van der Waals surface area contributed by atoms with Crippen LogP contribution in [0, 0.1) is 27.7 Å². The number of ether oxygens (including phenoxy) is 1. The molecule has 0 spiro atoms. The zero-order valence-corrected chi connectivity index (χ0v) is 42.0. The van der Waals surface area contributed by atoms with E-state index < -0.39 is 13.1 Å². The van der Waals surface area contributed by atoms with E-state index in [0.717, 1.165) is 36.8 Å². The number of benzene rings is 7. The third-order valence-corrected chi connectivity index (χ3v) is 9.57. The summed E-state index contributed by atoms with van der Waals surface area (Å²) in [6.45, 7) is 10.3. The average Bonchev–Trinajstić information content (AvgIpc) is 3.25. The van der Waals surface area contributed by atoms with Crippen LogP contribution < -0.4 is 56.8 Å². The van der Waals surface area contributed by atoms with Crippen molar-refractivity contribution in [2.75, 3.05) is 6.61 Å². The van der Waals surface area contributed by atoms with E-state index in [1.54, 1.807) is 67.6 Å². The number of esters is 1. The molecule has 5 N–H and O–H groups in total. The molecule has 8 nitrogen and oxygen atoms in total. The summed E-state index contributed by atoms with van der Waals surface area (Å²) in [5.74, 6) is -0.864. The molecule has 0 atom stereocenters. The summed E-state index contributed by atoms with van der Waals surface area (Å²) in [4.78, 5) is 22.2. The van der Waals surface area contributed by atoms with E-state index >= 15 is 0 Å². The number of aromatic hydroxyl groups is 1. The molecule has 316 valence electrons. The Balaban J connectivity index is 0.000000400. The molecule has 0 unspecified atom stereocenters. The molecule has 7 aromatic carbocycles. The van der Waals surface area contributed by atoms with Gasteiger partial charge >= 0.3 is 70.4 Å². The number of phenols is 1. The molecule has 0 bridgehead atoms. The number of hydrogen-bond donors (Lipinski definition) is 4. The number of carboxylic acids is 1. The van der Waals surface area contributed by atoms with E-state index in [1.807, 2.05) is 86.6 Å². The minimum Gasteiger partial charge on any atom is -0.870 e. The summed E-state index contributed by atoms with van der Waals surface area (Å²) in [6, 6.07) is 53.0. The average molecular weight is 989 g/mol. The standard InChI is InChI=1S/C16H16O2.C14H12O2.C7H9BO2.C7H7Br.C6H5BrO.K.H2O/c1-3-18-16(17)15-10-8-14(9-11-15)13-6-4-12(2)5-7-13;1-10-2-4-11(5-3-10)12-6-8-13(9-7-12)14(15)16;1-6-2-4-7(5-3-6)8(9)10;1-6-2-4-7(8)5-3-6;7-5-1-3-6(8)4-2-5;;/h4-11H,3H2,1-2H3;2-9H,1H3,(H,15,16);2-5,9-10H,1H3;2-5H,1H3;1-4,8H;;1H2/q;;;;;+1;/p-1. The van der Waals surface area contributed by atoms with Crippen LogP contribution in [0.5, 0.6) is 5.75 Å². The van der Waals surface area contributed by atoms with Crippen molar-refractivity contribution in [2.45, 2.75) is 34.6 Å². The van der Waals surface area contributed by atoms with Crippen LogP contribution in [-0.2, 0) is 4.74 Å². The number of aryl methyl sites for hydroxylation is 4. The summed E-state index contributed by atoms with van der Waals surface area (Å²) < 4.78 is 7.07. The maximum atomic E-state index is 11.5. The Morgan fingerprint density at radius 2 is 0.790 bits per heavy atom. The van der Waals surface area contributed by atoms with Crippen LogP contribution in [0.1, 0.15) is 49.9 Å². The van der Waals surface area contributed by atoms with Crippen molar-refractivity contribution in [1.82, 2.24) is 0 Å². The van der Waals surface area contributed by atoms with Gasteiger partial charge in [0.15, 0.2) is 0 Å². The Kier molecular flexibility index (Phi) is 27.0. The number of aromatic carboxylic acids is 1. The van der Waals surface area contributed by atoms with Gasteiger partial charge in [-0.3, -0.25) is 0 Å². The van der Waals surface area contributed by atoms with Crippen molar-refractivity contribution in [3.05, 3.63) is 212 Å². The molecule has 0 saturated heterocycles. The molecule has 0 aliphatic heterocycles. The molecule has 0 amide bonds. The van der Waals surface area contributed by atoms with Crippen LogP contribution in [-0.4, -0.2) is 51.4 Å². The summed E-state index contributed by atoms with van der Waals surface area (Å²) in [6.07, 6.45) is 0. The Bertz CT molecular complexity index is 2240. The summed E-state index contributed by atoms with van der Waals surface area (Å²) in [5, 5.41) is 34.9. The van der Waals surface area contributed by atoms with Crippen molar-refractivity contribution in [2.24, 2.45) is 0 Å². The van der Waals surface area contributed by atoms with E-state index in [4.69, 9.17) is 25.0 Å². The SMILES string of the molecule is CCOC(=O)c1ccc(-c2ccc(C)cc2)cc1.Cc1ccc(-c2ccc(C(=O)O)cc2)cc1.Cc1ccc(B(O)O)cc1.Cc1ccc(Br)cc1.Oc1ccc(Br)cc1.[K+].[OH-]. The van der Waals surface area contributed by atoms with Gasteiger partial charge in [-0.1, -0.05) is 163 Å². The maximum Gasteiger partial charge on any atom is 1.00 e. The first-order chi connectivity index (χ1) is 28.6. The Morgan fingerprint density at radius 1 is 0.500 bits per heavy atom. The number of hydrogen-bond acceptors (Lipinski definition) is 7. The van der Waals surface area contributed by atoms with Gasteiger partial charge in [-0.25, -0.2) is 9.59 Å². The molecule has 0 aliphatic rings. The first-order valence-corrected chi connectivity index (χ1v) is 20.6. The summed E-state index contributed by atoms with van der Waals surface area (Å²) >= 11 is 6.58. The fourth-order valence-electron chi connectivity index (χ4n) is 5.02. The molecule has 0 fully saturated rings. The van der Waals surface area contributed by atoms with Gasteiger partial charge in [0.2, 0.25) is 0 Å². The predicted octanol–water partition coefficient (Wildman–Crippen LogP) is 8.61. The second kappa shape index (κ2) is 30.0. The van der Waals surface area contributed by atoms with Crippen LogP contribution in [0.2, 0.25) is 0 Å². The third-order valence-electron chi connectivity index (χ3n) is 8.51. The van der Waals surface area contributed by atoms with E-state index in [-0.39, 0.29) is 62.8 Å². The topological polar surface area (TPSA) is 154 Å². The van der Waals surface area contributed by atoms with E-state index in [1.165, 1.54) is 16.7 Å².